The van der Waals surface area contributed by atoms with E-state index in [1.54, 1.807) is 0 Å². The summed E-state index contributed by atoms with van der Waals surface area (Å²) in [6.07, 6.45) is -4.71. The average Bonchev–Trinajstić information content (AvgIpc) is 3.27. The van der Waals surface area contributed by atoms with Crippen LogP contribution in [0.15, 0.2) is 45.9 Å². The predicted octanol–water partition coefficient (Wildman–Crippen LogP) is 3.98. The number of halogens is 3. The molecule has 1 aromatic carbocycles. The van der Waals surface area contributed by atoms with E-state index >= 15 is 0 Å². The van der Waals surface area contributed by atoms with Crippen LogP contribution in [0.5, 0.6) is 0 Å². The van der Waals surface area contributed by atoms with Crippen LogP contribution >= 0.6 is 23.1 Å². The molecule has 0 amide bonds. The Labute approximate surface area is 170 Å². The molecule has 0 spiro atoms. The van der Waals surface area contributed by atoms with Crippen molar-refractivity contribution in [2.24, 2.45) is 0 Å². The Bertz CT molecular complexity index is 1160. The highest BCUT2D eigenvalue weighted by Crippen LogP contribution is 2.40. The number of methoxy groups -OCH3 is 1. The van der Waals surface area contributed by atoms with Crippen LogP contribution < -0.4 is 5.84 Å². The van der Waals surface area contributed by atoms with E-state index in [0.29, 0.717) is 25.7 Å². The van der Waals surface area contributed by atoms with Crippen molar-refractivity contribution in [1.29, 1.82) is 0 Å². The Morgan fingerprint density at radius 1 is 1.17 bits per heavy atom. The number of benzene rings is 1. The van der Waals surface area contributed by atoms with Crippen molar-refractivity contribution in [3.05, 3.63) is 47.4 Å². The van der Waals surface area contributed by atoms with Gasteiger partial charge in [-0.15, -0.1) is 21.5 Å². The second-order valence-electron chi connectivity index (χ2n) is 5.85. The number of thiophene rings is 1. The van der Waals surface area contributed by atoms with Crippen molar-refractivity contribution >= 4 is 33.3 Å². The molecule has 0 saturated heterocycles. The Balaban J connectivity index is 1.86. The smallest absolute Gasteiger partial charge is 0.377 e. The Morgan fingerprint density at radius 3 is 2.59 bits per heavy atom. The van der Waals surface area contributed by atoms with Gasteiger partial charge in [-0.1, -0.05) is 30.3 Å². The van der Waals surface area contributed by atoms with E-state index in [4.69, 9.17) is 10.6 Å². The molecule has 4 rings (SSSR count). The summed E-state index contributed by atoms with van der Waals surface area (Å²) in [6.45, 7) is 0.158. The molecule has 0 aliphatic heterocycles. The fourth-order valence-electron chi connectivity index (χ4n) is 2.68. The third-order valence-electron chi connectivity index (χ3n) is 3.91. The number of hydrogen-bond donors (Lipinski definition) is 1. The molecule has 0 aliphatic carbocycles. The van der Waals surface area contributed by atoms with Gasteiger partial charge in [-0.3, -0.25) is 0 Å². The molecule has 150 valence electrons. The van der Waals surface area contributed by atoms with Gasteiger partial charge in [-0.2, -0.15) is 13.2 Å². The van der Waals surface area contributed by atoms with Gasteiger partial charge in [0.2, 0.25) is 5.16 Å². The lowest BCUT2D eigenvalue weighted by atomic mass is 10.1. The molecular weight excluding hydrogens is 425 g/mol. The Hall–Kier alpha value is -2.70. The number of ether oxygens (including phenoxy) is 1. The Kier molecular flexibility index (Phi) is 5.15. The molecule has 4 aromatic rings. The monoisotopic (exact) mass is 438 g/mol. The second-order valence-corrected chi connectivity index (χ2v) is 7.66. The van der Waals surface area contributed by atoms with Gasteiger partial charge in [0.15, 0.2) is 5.82 Å². The summed E-state index contributed by atoms with van der Waals surface area (Å²) in [5, 5.41) is 9.69. The number of nitrogen functional groups attached to an aromatic ring is 1. The lowest BCUT2D eigenvalue weighted by Crippen LogP contribution is -2.21. The second kappa shape index (κ2) is 7.61. The van der Waals surface area contributed by atoms with E-state index in [9.17, 15) is 13.2 Å². The number of fused-ring (bicyclic) bond motifs is 1. The van der Waals surface area contributed by atoms with Crippen LogP contribution in [-0.4, -0.2) is 32.0 Å². The highest BCUT2D eigenvalue weighted by molar-refractivity contribution is 7.99. The van der Waals surface area contributed by atoms with Gasteiger partial charge in [-0.05, 0) is 17.3 Å². The molecule has 0 fully saturated rings. The first-order chi connectivity index (χ1) is 13.9. The highest BCUT2D eigenvalue weighted by Gasteiger charge is 2.38. The quantitative estimate of drug-likeness (QED) is 0.372. The number of nitrogens with zero attached hydrogens (tertiary/aromatic N) is 5. The van der Waals surface area contributed by atoms with Crippen molar-refractivity contribution in [3.8, 4) is 11.1 Å². The molecule has 0 atom stereocenters. The van der Waals surface area contributed by atoms with E-state index in [1.807, 2.05) is 35.7 Å². The van der Waals surface area contributed by atoms with Crippen LogP contribution in [0, 0.1) is 0 Å². The lowest BCUT2D eigenvalue weighted by Gasteiger charge is -2.08. The van der Waals surface area contributed by atoms with Gasteiger partial charge >= 0.3 is 6.18 Å². The maximum absolute atomic E-state index is 13.0. The summed E-state index contributed by atoms with van der Waals surface area (Å²) in [7, 11) is 1.51. The molecule has 12 heteroatoms. The maximum atomic E-state index is 13.0. The van der Waals surface area contributed by atoms with Gasteiger partial charge in [0, 0.05) is 18.1 Å². The van der Waals surface area contributed by atoms with E-state index in [0.717, 1.165) is 22.9 Å². The fourth-order valence-corrected chi connectivity index (χ4v) is 4.61. The van der Waals surface area contributed by atoms with Gasteiger partial charge in [0.05, 0.1) is 5.39 Å². The van der Waals surface area contributed by atoms with Crippen molar-refractivity contribution < 1.29 is 17.9 Å². The molecule has 0 saturated carbocycles. The number of hydrogen-bond acceptors (Lipinski definition) is 8. The molecule has 3 heterocycles. The molecule has 0 bridgehead atoms. The zero-order chi connectivity index (χ0) is 20.6. The van der Waals surface area contributed by atoms with Crippen LogP contribution in [0.4, 0.5) is 13.2 Å². The Morgan fingerprint density at radius 2 is 1.93 bits per heavy atom. The molecule has 7 nitrogen and oxygen atoms in total. The summed E-state index contributed by atoms with van der Waals surface area (Å²) < 4.78 is 44.5. The highest BCUT2D eigenvalue weighted by atomic mass is 32.2. The van der Waals surface area contributed by atoms with E-state index in [-0.39, 0.29) is 11.8 Å². The van der Waals surface area contributed by atoms with Crippen molar-refractivity contribution in [2.45, 2.75) is 23.0 Å². The van der Waals surface area contributed by atoms with Gasteiger partial charge in [-0.25, -0.2) is 14.6 Å². The number of nitrogens with two attached hydrogens (primary N) is 1. The summed E-state index contributed by atoms with van der Waals surface area (Å²) in [5.41, 5.74) is 1.81. The first-order valence-corrected chi connectivity index (χ1v) is 9.86. The van der Waals surface area contributed by atoms with Crippen molar-refractivity contribution in [3.63, 3.8) is 0 Å². The van der Waals surface area contributed by atoms with Crippen LogP contribution in [0.2, 0.25) is 0 Å². The zero-order valence-corrected chi connectivity index (χ0v) is 16.5. The molecule has 29 heavy (non-hydrogen) atoms. The number of aromatic nitrogens is 5. The molecule has 0 radical (unpaired) electrons. The van der Waals surface area contributed by atoms with Crippen molar-refractivity contribution in [2.75, 3.05) is 13.0 Å². The largest absolute Gasteiger partial charge is 0.453 e. The first-order valence-electron chi connectivity index (χ1n) is 8.16. The maximum Gasteiger partial charge on any atom is 0.453 e. The molecule has 0 aliphatic rings. The minimum atomic E-state index is -4.71. The van der Waals surface area contributed by atoms with Crippen molar-refractivity contribution in [1.82, 2.24) is 24.8 Å². The van der Waals surface area contributed by atoms with E-state index in [2.05, 4.69) is 20.2 Å². The normalized spacial score (nSPS) is 12.0. The molecule has 2 N–H and O–H groups in total. The standard InChI is InChI=1S/C17H13F3N6OS2/c1-27-7-11-22-13-12(10(8-28-13)9-5-3-2-4-6-9)14(23-11)29-16-25-24-15(26(16)21)17(18,19)20/h2-6,8H,7,21H2,1H3. The first kappa shape index (κ1) is 19.6. The summed E-state index contributed by atoms with van der Waals surface area (Å²) in [5.74, 6) is 4.71. The third kappa shape index (κ3) is 3.78. The minimum Gasteiger partial charge on any atom is -0.377 e. The minimum absolute atomic E-state index is 0.133. The number of rotatable bonds is 5. The van der Waals surface area contributed by atoms with Crippen LogP contribution in [0.3, 0.4) is 0 Å². The average molecular weight is 438 g/mol. The molecular formula is C17H13F3N6OS2. The summed E-state index contributed by atoms with van der Waals surface area (Å²) >= 11 is 2.31. The fraction of sp³-hybridized carbons (Fsp3) is 0.176. The SMILES string of the molecule is COCc1nc(Sc2nnc(C(F)(F)F)n2N)c2c(-c3ccccc3)csc2n1. The zero-order valence-electron chi connectivity index (χ0n) is 14.8. The summed E-state index contributed by atoms with van der Waals surface area (Å²) in [4.78, 5) is 9.66. The van der Waals surface area contributed by atoms with Crippen LogP contribution in [0.1, 0.15) is 11.6 Å². The predicted molar refractivity (Wildman–Crippen MR) is 103 cm³/mol. The van der Waals surface area contributed by atoms with Gasteiger partial charge in [0.1, 0.15) is 16.5 Å². The number of alkyl halides is 3. The summed E-state index contributed by atoms with van der Waals surface area (Å²) in [6, 6.07) is 9.57. The topological polar surface area (TPSA) is 91.7 Å². The third-order valence-corrected chi connectivity index (χ3v) is 5.73. The molecule has 0 unspecified atom stereocenters. The lowest BCUT2D eigenvalue weighted by molar-refractivity contribution is -0.146. The van der Waals surface area contributed by atoms with E-state index < -0.39 is 12.0 Å². The van der Waals surface area contributed by atoms with Gasteiger partial charge < -0.3 is 10.6 Å². The molecule has 3 aromatic heterocycles. The van der Waals surface area contributed by atoms with Gasteiger partial charge in [0.25, 0.3) is 5.82 Å². The van der Waals surface area contributed by atoms with Crippen LogP contribution in [-0.2, 0) is 17.5 Å². The van der Waals surface area contributed by atoms with Crippen LogP contribution in [0.25, 0.3) is 21.3 Å². The van der Waals surface area contributed by atoms with E-state index in [1.165, 1.54) is 18.4 Å².